The van der Waals surface area contributed by atoms with Crippen LogP contribution in [0.5, 0.6) is 0 Å². The van der Waals surface area contributed by atoms with E-state index in [1.807, 2.05) is 45.9 Å². The van der Waals surface area contributed by atoms with Crippen LogP contribution in [0.15, 0.2) is 23.3 Å². The minimum absolute atomic E-state index is 0.0890. The zero-order valence-corrected chi connectivity index (χ0v) is 17.7. The number of hydrogen-bond donors (Lipinski definition) is 0. The number of nitrogens with zero attached hydrogens (tertiary/aromatic N) is 5. The number of piperazine rings is 1. The first-order chi connectivity index (χ1) is 13.8. The predicted molar refractivity (Wildman–Crippen MR) is 112 cm³/mol. The summed E-state index contributed by atoms with van der Waals surface area (Å²) in [5.74, 6) is 0.0569. The van der Waals surface area contributed by atoms with Crippen LogP contribution < -0.4 is 5.01 Å². The molecular weight excluding hydrogens is 366 g/mol. The summed E-state index contributed by atoms with van der Waals surface area (Å²) in [6, 6.07) is 8.13. The minimum Gasteiger partial charge on any atom is -0.335 e. The zero-order chi connectivity index (χ0) is 21.1. The molecule has 3 rings (SSSR count). The van der Waals surface area contributed by atoms with Crippen LogP contribution in [-0.2, 0) is 9.59 Å². The highest BCUT2D eigenvalue weighted by Crippen LogP contribution is 2.26. The van der Waals surface area contributed by atoms with Crippen molar-refractivity contribution >= 4 is 23.2 Å². The number of hydrazone groups is 1. The van der Waals surface area contributed by atoms with Crippen molar-refractivity contribution in [3.05, 3.63) is 29.3 Å². The molecule has 0 N–H and O–H groups in total. The molecule has 2 amide bonds. The van der Waals surface area contributed by atoms with E-state index in [4.69, 9.17) is 0 Å². The Hall–Kier alpha value is -2.72. The average molecular weight is 396 g/mol. The lowest BCUT2D eigenvalue weighted by molar-refractivity contribution is -0.126. The molecule has 1 atom stereocenters. The summed E-state index contributed by atoms with van der Waals surface area (Å²) in [5, 5.41) is 15.2. The first-order valence-corrected chi connectivity index (χ1v) is 10.2. The summed E-state index contributed by atoms with van der Waals surface area (Å²) in [7, 11) is 0. The van der Waals surface area contributed by atoms with Crippen molar-refractivity contribution in [2.75, 3.05) is 31.2 Å². The molecule has 1 fully saturated rings. The molecule has 0 bridgehead atoms. The van der Waals surface area contributed by atoms with Crippen molar-refractivity contribution in [1.29, 1.82) is 5.26 Å². The highest BCUT2D eigenvalue weighted by molar-refractivity contribution is 6.40. The third-order valence-electron chi connectivity index (χ3n) is 5.63. The van der Waals surface area contributed by atoms with E-state index in [1.165, 1.54) is 5.01 Å². The largest absolute Gasteiger partial charge is 0.335 e. The van der Waals surface area contributed by atoms with Crippen LogP contribution in [0.3, 0.4) is 0 Å². The lowest BCUT2D eigenvalue weighted by atomic mass is 10.0. The second-order valence-corrected chi connectivity index (χ2v) is 8.19. The number of rotatable bonds is 4. The monoisotopic (exact) mass is 395 g/mol. The van der Waals surface area contributed by atoms with Gasteiger partial charge in [-0.1, -0.05) is 26.0 Å². The van der Waals surface area contributed by atoms with Gasteiger partial charge in [-0.2, -0.15) is 10.4 Å². The van der Waals surface area contributed by atoms with E-state index >= 15 is 0 Å². The molecule has 29 heavy (non-hydrogen) atoms. The van der Waals surface area contributed by atoms with Crippen LogP contribution in [0.2, 0.25) is 0 Å². The van der Waals surface area contributed by atoms with Gasteiger partial charge in [-0.25, -0.2) is 5.01 Å². The molecule has 1 saturated heterocycles. The summed E-state index contributed by atoms with van der Waals surface area (Å²) in [6.07, 6.45) is 0.647. The maximum absolute atomic E-state index is 13.0. The van der Waals surface area contributed by atoms with E-state index in [-0.39, 0.29) is 30.2 Å². The van der Waals surface area contributed by atoms with E-state index in [9.17, 15) is 14.9 Å². The molecule has 0 aliphatic carbocycles. The van der Waals surface area contributed by atoms with Gasteiger partial charge in [0.15, 0.2) is 0 Å². The molecule has 7 heteroatoms. The molecule has 154 valence electrons. The van der Waals surface area contributed by atoms with E-state index in [1.54, 1.807) is 4.90 Å². The minimum atomic E-state index is -0.128. The van der Waals surface area contributed by atoms with Crippen molar-refractivity contribution < 1.29 is 9.59 Å². The summed E-state index contributed by atoms with van der Waals surface area (Å²) in [4.78, 5) is 29.5. The lowest BCUT2D eigenvalue weighted by Gasteiger charge is -2.38. The highest BCUT2D eigenvalue weighted by atomic mass is 16.2. The average Bonchev–Trinajstić information content (AvgIpc) is 2.70. The summed E-state index contributed by atoms with van der Waals surface area (Å²) < 4.78 is 0. The third kappa shape index (κ3) is 4.48. The van der Waals surface area contributed by atoms with Gasteiger partial charge >= 0.3 is 0 Å². The number of amides is 2. The van der Waals surface area contributed by atoms with Gasteiger partial charge in [-0.05, 0) is 37.0 Å². The fourth-order valence-electron chi connectivity index (χ4n) is 3.88. The topological polar surface area (TPSA) is 80.0 Å². The molecule has 0 saturated carbocycles. The Labute approximate surface area is 172 Å². The molecule has 0 aromatic heterocycles. The van der Waals surface area contributed by atoms with Crippen LogP contribution >= 0.6 is 0 Å². The van der Waals surface area contributed by atoms with Crippen LogP contribution in [0.1, 0.15) is 37.8 Å². The zero-order valence-electron chi connectivity index (χ0n) is 17.7. The highest BCUT2D eigenvalue weighted by Gasteiger charge is 2.32. The second-order valence-electron chi connectivity index (χ2n) is 8.19. The Morgan fingerprint density at radius 3 is 2.45 bits per heavy atom. The Balaban J connectivity index is 1.73. The van der Waals surface area contributed by atoms with Gasteiger partial charge in [0.25, 0.3) is 5.91 Å². The fraction of sp³-hybridized carbons (Fsp3) is 0.545. The van der Waals surface area contributed by atoms with Gasteiger partial charge in [-0.15, -0.1) is 0 Å². The maximum atomic E-state index is 13.0. The van der Waals surface area contributed by atoms with E-state index in [0.29, 0.717) is 38.3 Å². The number of nitriles is 1. The van der Waals surface area contributed by atoms with Crippen molar-refractivity contribution in [3.63, 3.8) is 0 Å². The predicted octanol–water partition coefficient (Wildman–Crippen LogP) is 2.48. The summed E-state index contributed by atoms with van der Waals surface area (Å²) in [5.41, 5.74) is 3.16. The number of carbonyl (C=O) groups is 2. The number of hydrogen-bond acceptors (Lipinski definition) is 5. The van der Waals surface area contributed by atoms with Crippen LogP contribution in [0.4, 0.5) is 5.69 Å². The van der Waals surface area contributed by atoms with Crippen LogP contribution in [0.25, 0.3) is 0 Å². The molecule has 1 aromatic rings. The standard InChI is InChI=1S/C22H29N5O2/c1-15(2)20(14-23)25-9-11-26(12-10-25)22(29)18-7-8-21(28)27(24-18)19-13-16(3)5-6-17(19)4/h5-6,13,15,20H,7-12H2,1-4H3. The van der Waals surface area contributed by atoms with E-state index in [2.05, 4.69) is 16.1 Å². The van der Waals surface area contributed by atoms with E-state index < -0.39 is 0 Å². The smallest absolute Gasteiger partial charge is 0.270 e. The lowest BCUT2D eigenvalue weighted by Crippen LogP contribution is -2.54. The number of anilines is 1. The van der Waals surface area contributed by atoms with Crippen LogP contribution in [-0.4, -0.2) is 59.5 Å². The van der Waals surface area contributed by atoms with Crippen LogP contribution in [0, 0.1) is 31.1 Å². The Kier molecular flexibility index (Phi) is 6.33. The van der Waals surface area contributed by atoms with Gasteiger partial charge in [0, 0.05) is 39.0 Å². The fourth-order valence-corrected chi connectivity index (χ4v) is 3.88. The van der Waals surface area contributed by atoms with Gasteiger partial charge in [-0.3, -0.25) is 14.5 Å². The van der Waals surface area contributed by atoms with Gasteiger partial charge < -0.3 is 4.90 Å². The molecule has 1 aromatic carbocycles. The molecular formula is C22H29N5O2. The molecule has 2 aliphatic rings. The van der Waals surface area contributed by atoms with E-state index in [0.717, 1.165) is 16.8 Å². The molecule has 7 nitrogen and oxygen atoms in total. The normalized spacial score (nSPS) is 19.2. The summed E-state index contributed by atoms with van der Waals surface area (Å²) >= 11 is 0. The van der Waals surface area contributed by atoms with Crippen molar-refractivity contribution in [1.82, 2.24) is 9.80 Å². The SMILES string of the molecule is Cc1ccc(C)c(N2N=C(C(=O)N3CCN(C(C#N)C(C)C)CC3)CCC2=O)c1. The van der Waals surface area contributed by atoms with Crippen molar-refractivity contribution in [2.45, 2.75) is 46.6 Å². The quantitative estimate of drug-likeness (QED) is 0.784. The van der Waals surface area contributed by atoms with Gasteiger partial charge in [0.05, 0.1) is 11.8 Å². The molecule has 1 unspecified atom stereocenters. The molecule has 0 spiro atoms. The Morgan fingerprint density at radius 2 is 1.83 bits per heavy atom. The molecule has 2 heterocycles. The number of aryl methyl sites for hydroxylation is 2. The van der Waals surface area contributed by atoms with Gasteiger partial charge in [0.1, 0.15) is 11.8 Å². The van der Waals surface area contributed by atoms with Crippen molar-refractivity contribution in [2.24, 2.45) is 11.0 Å². The van der Waals surface area contributed by atoms with Crippen molar-refractivity contribution in [3.8, 4) is 6.07 Å². The van der Waals surface area contributed by atoms with Gasteiger partial charge in [0.2, 0.25) is 5.91 Å². The third-order valence-corrected chi connectivity index (χ3v) is 5.63. The summed E-state index contributed by atoms with van der Waals surface area (Å²) in [6.45, 7) is 10.5. The Bertz CT molecular complexity index is 862. The molecule has 0 radical (unpaired) electrons. The first kappa shape index (κ1) is 21.0. The molecule has 2 aliphatic heterocycles. The number of carbonyl (C=O) groups excluding carboxylic acids is 2. The first-order valence-electron chi connectivity index (χ1n) is 10.2. The number of benzene rings is 1. The maximum Gasteiger partial charge on any atom is 0.270 e. The second kappa shape index (κ2) is 8.75. The Morgan fingerprint density at radius 1 is 1.14 bits per heavy atom.